The molecule has 2 aromatic rings. The first kappa shape index (κ1) is 14.8. The van der Waals surface area contributed by atoms with Gasteiger partial charge in [-0.25, -0.2) is 4.68 Å². The van der Waals surface area contributed by atoms with E-state index < -0.39 is 0 Å². The van der Waals surface area contributed by atoms with Crippen molar-refractivity contribution in [1.29, 1.82) is 0 Å². The van der Waals surface area contributed by atoms with Crippen molar-refractivity contribution in [3.05, 3.63) is 58.0 Å². The van der Waals surface area contributed by atoms with Crippen molar-refractivity contribution in [3.63, 3.8) is 0 Å². The highest BCUT2D eigenvalue weighted by molar-refractivity contribution is 5.39. The molecule has 0 bridgehead atoms. The molecule has 0 unspecified atom stereocenters. The molecule has 0 saturated carbocycles. The van der Waals surface area contributed by atoms with E-state index in [-0.39, 0.29) is 12.2 Å². The summed E-state index contributed by atoms with van der Waals surface area (Å²) >= 11 is 0. The normalized spacial score (nSPS) is 9.81. The third-order valence-corrected chi connectivity index (χ3v) is 2.72. The molecular formula is C16H16N2O3. The lowest BCUT2D eigenvalue weighted by atomic mass is 10.2. The van der Waals surface area contributed by atoms with Crippen LogP contribution in [-0.2, 0) is 6.54 Å². The topological polar surface area (TPSA) is 64.3 Å². The quantitative estimate of drug-likeness (QED) is 0.850. The highest BCUT2D eigenvalue weighted by Crippen LogP contribution is 2.12. The molecule has 1 aromatic carbocycles. The van der Waals surface area contributed by atoms with Crippen LogP contribution in [0, 0.1) is 18.8 Å². The van der Waals surface area contributed by atoms with E-state index in [2.05, 4.69) is 16.9 Å². The molecular weight excluding hydrogens is 268 g/mol. The van der Waals surface area contributed by atoms with Crippen molar-refractivity contribution in [1.82, 2.24) is 9.78 Å². The van der Waals surface area contributed by atoms with Gasteiger partial charge in [0.2, 0.25) is 0 Å². The zero-order chi connectivity index (χ0) is 15.1. The van der Waals surface area contributed by atoms with Crippen LogP contribution in [-0.4, -0.2) is 28.1 Å². The molecule has 0 amide bonds. The smallest absolute Gasteiger partial charge is 0.266 e. The fraction of sp³-hybridized carbons (Fsp3) is 0.250. The van der Waals surface area contributed by atoms with Crippen LogP contribution in [0.15, 0.2) is 41.2 Å². The highest BCUT2D eigenvalue weighted by atomic mass is 16.5. The maximum atomic E-state index is 11.6. The number of aliphatic hydroxyl groups excluding tert-OH is 1. The molecule has 0 atom stereocenters. The fourth-order valence-corrected chi connectivity index (χ4v) is 1.77. The molecule has 5 nitrogen and oxygen atoms in total. The van der Waals surface area contributed by atoms with Crippen molar-refractivity contribution >= 4 is 0 Å². The monoisotopic (exact) mass is 284 g/mol. The molecule has 0 aliphatic heterocycles. The molecule has 1 aromatic heterocycles. The van der Waals surface area contributed by atoms with E-state index in [1.807, 2.05) is 25.1 Å². The van der Waals surface area contributed by atoms with Crippen LogP contribution >= 0.6 is 0 Å². The predicted octanol–water partition coefficient (Wildman–Crippen LogP) is 0.975. The molecule has 1 heterocycles. The summed E-state index contributed by atoms with van der Waals surface area (Å²) in [5.41, 5.74) is 1.41. The fourth-order valence-electron chi connectivity index (χ4n) is 1.77. The Labute approximate surface area is 122 Å². The van der Waals surface area contributed by atoms with Crippen LogP contribution in [0.25, 0.3) is 0 Å². The zero-order valence-corrected chi connectivity index (χ0v) is 11.7. The highest BCUT2D eigenvalue weighted by Gasteiger charge is 1.99. The average Bonchev–Trinajstić information content (AvgIpc) is 2.49. The van der Waals surface area contributed by atoms with E-state index in [1.165, 1.54) is 10.7 Å². The number of benzene rings is 1. The van der Waals surface area contributed by atoms with Gasteiger partial charge in [-0.3, -0.25) is 4.79 Å². The molecule has 0 aliphatic rings. The van der Waals surface area contributed by atoms with Gasteiger partial charge in [-0.05, 0) is 31.2 Å². The Hall–Kier alpha value is -2.58. The third-order valence-electron chi connectivity index (χ3n) is 2.72. The van der Waals surface area contributed by atoms with Gasteiger partial charge in [-0.2, -0.15) is 5.10 Å². The SMILES string of the molecule is Cc1ccc(=O)n(CCOc2cccc(C#CCO)c2)n1. The van der Waals surface area contributed by atoms with E-state index in [0.29, 0.717) is 18.9 Å². The largest absolute Gasteiger partial charge is 0.492 e. The Morgan fingerprint density at radius 3 is 3.00 bits per heavy atom. The zero-order valence-electron chi connectivity index (χ0n) is 11.7. The van der Waals surface area contributed by atoms with Crippen LogP contribution in [0.3, 0.4) is 0 Å². The molecule has 21 heavy (non-hydrogen) atoms. The number of rotatable bonds is 4. The van der Waals surface area contributed by atoms with Gasteiger partial charge in [0.05, 0.1) is 12.2 Å². The van der Waals surface area contributed by atoms with Gasteiger partial charge >= 0.3 is 0 Å². The summed E-state index contributed by atoms with van der Waals surface area (Å²) < 4.78 is 6.98. The van der Waals surface area contributed by atoms with E-state index in [4.69, 9.17) is 9.84 Å². The second-order valence-corrected chi connectivity index (χ2v) is 4.37. The molecule has 0 saturated heterocycles. The van der Waals surface area contributed by atoms with E-state index in [9.17, 15) is 4.79 Å². The van der Waals surface area contributed by atoms with Gasteiger partial charge in [-0.1, -0.05) is 17.9 Å². The first-order chi connectivity index (χ1) is 10.2. The minimum atomic E-state index is -0.174. The van der Waals surface area contributed by atoms with Crippen LogP contribution in [0.1, 0.15) is 11.3 Å². The van der Waals surface area contributed by atoms with Crippen LogP contribution in [0.2, 0.25) is 0 Å². The molecule has 108 valence electrons. The maximum Gasteiger partial charge on any atom is 0.266 e. The lowest BCUT2D eigenvalue weighted by Crippen LogP contribution is -2.25. The summed E-state index contributed by atoms with van der Waals surface area (Å²) in [5.74, 6) is 6.06. The first-order valence-corrected chi connectivity index (χ1v) is 6.56. The summed E-state index contributed by atoms with van der Waals surface area (Å²) in [7, 11) is 0. The summed E-state index contributed by atoms with van der Waals surface area (Å²) in [6.07, 6.45) is 0. The summed E-state index contributed by atoms with van der Waals surface area (Å²) in [6.45, 7) is 2.38. The third kappa shape index (κ3) is 4.48. The lowest BCUT2D eigenvalue weighted by Gasteiger charge is -2.08. The summed E-state index contributed by atoms with van der Waals surface area (Å²) in [6, 6.07) is 10.4. The van der Waals surface area contributed by atoms with Gasteiger partial charge < -0.3 is 9.84 Å². The summed E-state index contributed by atoms with van der Waals surface area (Å²) in [5, 5.41) is 12.8. The van der Waals surface area contributed by atoms with Gasteiger partial charge in [0.15, 0.2) is 0 Å². The van der Waals surface area contributed by atoms with Crippen molar-refractivity contribution in [3.8, 4) is 17.6 Å². The molecule has 2 rings (SSSR count). The maximum absolute atomic E-state index is 11.6. The van der Waals surface area contributed by atoms with Crippen LogP contribution in [0.4, 0.5) is 0 Å². The number of hydrogen-bond donors (Lipinski definition) is 1. The Morgan fingerprint density at radius 2 is 2.19 bits per heavy atom. The Bertz CT molecular complexity index is 726. The second kappa shape index (κ2) is 7.27. The van der Waals surface area contributed by atoms with Crippen molar-refractivity contribution < 1.29 is 9.84 Å². The standard InChI is InChI=1S/C16H16N2O3/c1-13-7-8-16(20)18(17-13)9-11-21-15-6-2-4-14(12-15)5-3-10-19/h2,4,6-8,12,19H,9-11H2,1H3. The van der Waals surface area contributed by atoms with Gasteiger partial charge in [0, 0.05) is 11.6 Å². The summed E-state index contributed by atoms with van der Waals surface area (Å²) in [4.78, 5) is 11.6. The molecule has 0 aliphatic carbocycles. The second-order valence-electron chi connectivity index (χ2n) is 4.37. The Balaban J connectivity index is 1.97. The minimum absolute atomic E-state index is 0.147. The first-order valence-electron chi connectivity index (χ1n) is 6.56. The van der Waals surface area contributed by atoms with Crippen LogP contribution < -0.4 is 10.3 Å². The van der Waals surface area contributed by atoms with Crippen LogP contribution in [0.5, 0.6) is 5.75 Å². The molecule has 5 heteroatoms. The molecule has 0 radical (unpaired) electrons. The molecule has 0 fully saturated rings. The van der Waals surface area contributed by atoms with Crippen molar-refractivity contribution in [2.24, 2.45) is 0 Å². The number of aromatic nitrogens is 2. The number of nitrogens with zero attached hydrogens (tertiary/aromatic N) is 2. The average molecular weight is 284 g/mol. The number of hydrogen-bond acceptors (Lipinski definition) is 4. The van der Waals surface area contributed by atoms with Gasteiger partial charge in [-0.15, -0.1) is 0 Å². The lowest BCUT2D eigenvalue weighted by molar-refractivity contribution is 0.287. The molecule has 1 N–H and O–H groups in total. The minimum Gasteiger partial charge on any atom is -0.492 e. The number of aliphatic hydroxyl groups is 1. The van der Waals surface area contributed by atoms with E-state index in [0.717, 1.165) is 11.3 Å². The van der Waals surface area contributed by atoms with Gasteiger partial charge in [0.25, 0.3) is 5.56 Å². The Kier molecular flexibility index (Phi) is 5.13. The predicted molar refractivity (Wildman–Crippen MR) is 79.1 cm³/mol. The molecule has 0 spiro atoms. The Morgan fingerprint density at radius 1 is 1.33 bits per heavy atom. The van der Waals surface area contributed by atoms with E-state index in [1.54, 1.807) is 12.1 Å². The number of ether oxygens (including phenoxy) is 1. The van der Waals surface area contributed by atoms with Crippen molar-refractivity contribution in [2.75, 3.05) is 13.2 Å². The van der Waals surface area contributed by atoms with E-state index >= 15 is 0 Å². The number of aryl methyl sites for hydroxylation is 1. The van der Waals surface area contributed by atoms with Gasteiger partial charge in [0.1, 0.15) is 19.0 Å². The van der Waals surface area contributed by atoms with Crippen molar-refractivity contribution in [2.45, 2.75) is 13.5 Å².